The van der Waals surface area contributed by atoms with E-state index < -0.39 is 0 Å². The van der Waals surface area contributed by atoms with Crippen molar-refractivity contribution in [2.45, 2.75) is 25.1 Å². The second-order valence-electron chi connectivity index (χ2n) is 6.47. The van der Waals surface area contributed by atoms with Crippen molar-refractivity contribution in [2.24, 2.45) is 5.10 Å². The number of aryl methyl sites for hydroxylation is 1. The van der Waals surface area contributed by atoms with E-state index in [-0.39, 0.29) is 11.9 Å². The molecule has 0 saturated carbocycles. The predicted molar refractivity (Wildman–Crippen MR) is 111 cm³/mol. The maximum Gasteiger partial charge on any atom is 0.253 e. The molecule has 3 aromatic rings. The standard InChI is InChI=1S/C21H20N2O2S2/c1-15-6-8-16(9-7-15)19-12-18(20-5-3-11-27-20)22-23(19)21(24)14-26-13-17-4-2-10-25-17/h2-11,19H,12-14H2,1H3/t19-/m0/s1. The number of benzene rings is 1. The van der Waals surface area contributed by atoms with Gasteiger partial charge in [-0.1, -0.05) is 35.9 Å². The van der Waals surface area contributed by atoms with Crippen molar-refractivity contribution in [1.29, 1.82) is 0 Å². The summed E-state index contributed by atoms with van der Waals surface area (Å²) in [5.74, 6) is 1.98. The summed E-state index contributed by atoms with van der Waals surface area (Å²) in [6.45, 7) is 2.07. The highest BCUT2D eigenvalue weighted by Crippen LogP contribution is 2.34. The zero-order valence-corrected chi connectivity index (χ0v) is 16.6. The average Bonchev–Trinajstić information content (AvgIpc) is 3.43. The van der Waals surface area contributed by atoms with E-state index in [0.717, 1.165) is 28.3 Å². The highest BCUT2D eigenvalue weighted by atomic mass is 32.2. The Morgan fingerprint density at radius 2 is 2.11 bits per heavy atom. The summed E-state index contributed by atoms with van der Waals surface area (Å²) >= 11 is 3.22. The molecule has 0 unspecified atom stereocenters. The topological polar surface area (TPSA) is 45.8 Å². The van der Waals surface area contributed by atoms with Gasteiger partial charge in [0.2, 0.25) is 0 Å². The number of carbonyl (C=O) groups excluding carboxylic acids is 1. The van der Waals surface area contributed by atoms with Crippen LogP contribution in [0.4, 0.5) is 0 Å². The van der Waals surface area contributed by atoms with Gasteiger partial charge in [0, 0.05) is 6.42 Å². The molecule has 138 valence electrons. The van der Waals surface area contributed by atoms with Crippen molar-refractivity contribution < 1.29 is 9.21 Å². The lowest BCUT2D eigenvalue weighted by atomic mass is 10.00. The third-order valence-corrected chi connectivity index (χ3v) is 6.34. The molecule has 27 heavy (non-hydrogen) atoms. The number of furan rings is 1. The Kier molecular flexibility index (Phi) is 5.45. The van der Waals surface area contributed by atoms with E-state index in [0.29, 0.717) is 11.5 Å². The zero-order chi connectivity index (χ0) is 18.6. The number of nitrogens with zero attached hydrogens (tertiary/aromatic N) is 2. The molecule has 3 heterocycles. The van der Waals surface area contributed by atoms with Crippen molar-refractivity contribution in [3.05, 3.63) is 81.9 Å². The van der Waals surface area contributed by atoms with Crippen molar-refractivity contribution in [3.63, 3.8) is 0 Å². The summed E-state index contributed by atoms with van der Waals surface area (Å²) in [5, 5.41) is 8.42. The highest BCUT2D eigenvalue weighted by Gasteiger charge is 2.33. The maximum absolute atomic E-state index is 12.9. The number of carbonyl (C=O) groups is 1. The molecule has 0 saturated heterocycles. The van der Waals surface area contributed by atoms with Crippen LogP contribution < -0.4 is 0 Å². The third-order valence-electron chi connectivity index (χ3n) is 4.48. The van der Waals surface area contributed by atoms with Gasteiger partial charge in [-0.3, -0.25) is 4.79 Å². The summed E-state index contributed by atoms with van der Waals surface area (Å²) in [5.41, 5.74) is 3.32. The number of amides is 1. The lowest BCUT2D eigenvalue weighted by molar-refractivity contribution is -0.130. The number of rotatable bonds is 6. The van der Waals surface area contributed by atoms with Crippen molar-refractivity contribution in [2.75, 3.05) is 5.75 Å². The number of thioether (sulfide) groups is 1. The first kappa shape index (κ1) is 18.1. The van der Waals surface area contributed by atoms with Gasteiger partial charge in [0.15, 0.2) is 0 Å². The van der Waals surface area contributed by atoms with Crippen molar-refractivity contribution >= 4 is 34.7 Å². The van der Waals surface area contributed by atoms with Crippen LogP contribution in [0.3, 0.4) is 0 Å². The molecule has 1 aromatic carbocycles. The van der Waals surface area contributed by atoms with Gasteiger partial charge in [-0.05, 0) is 36.1 Å². The van der Waals surface area contributed by atoms with Crippen LogP contribution in [0.25, 0.3) is 0 Å². The monoisotopic (exact) mass is 396 g/mol. The molecule has 6 heteroatoms. The fraction of sp³-hybridized carbons (Fsp3) is 0.238. The minimum absolute atomic E-state index is 0.0312. The number of hydrogen-bond acceptors (Lipinski definition) is 5. The molecule has 4 rings (SSSR count). The van der Waals surface area contributed by atoms with E-state index in [9.17, 15) is 4.79 Å². The van der Waals surface area contributed by atoms with Gasteiger partial charge in [-0.2, -0.15) is 5.10 Å². The average molecular weight is 397 g/mol. The van der Waals surface area contributed by atoms with Gasteiger partial charge in [-0.15, -0.1) is 23.1 Å². The molecule has 4 nitrogen and oxygen atoms in total. The van der Waals surface area contributed by atoms with Gasteiger partial charge in [0.1, 0.15) is 5.76 Å². The molecule has 0 N–H and O–H groups in total. The van der Waals surface area contributed by atoms with Crippen molar-refractivity contribution in [3.8, 4) is 0 Å². The van der Waals surface area contributed by atoms with Crippen molar-refractivity contribution in [1.82, 2.24) is 5.01 Å². The SMILES string of the molecule is Cc1ccc([C@@H]2CC(c3cccs3)=NN2C(=O)CSCc2ccco2)cc1. The maximum atomic E-state index is 12.9. The molecular weight excluding hydrogens is 376 g/mol. The van der Waals surface area contributed by atoms with E-state index in [1.54, 1.807) is 34.4 Å². The van der Waals surface area contributed by atoms with Crippen LogP contribution in [0.1, 0.15) is 34.2 Å². The van der Waals surface area contributed by atoms with Gasteiger partial charge in [-0.25, -0.2) is 5.01 Å². The summed E-state index contributed by atoms with van der Waals surface area (Å²) in [7, 11) is 0. The Hall–Kier alpha value is -2.31. The molecule has 0 aliphatic carbocycles. The molecule has 0 spiro atoms. The molecule has 0 fully saturated rings. The minimum Gasteiger partial charge on any atom is -0.468 e. The van der Waals surface area contributed by atoms with E-state index in [1.165, 1.54) is 5.56 Å². The van der Waals surface area contributed by atoms with Crippen LogP contribution in [-0.2, 0) is 10.5 Å². The Bertz CT molecular complexity index is 916. The summed E-state index contributed by atoms with van der Waals surface area (Å²) < 4.78 is 5.34. The third kappa shape index (κ3) is 4.17. The Balaban J connectivity index is 1.51. The quantitative estimate of drug-likeness (QED) is 0.571. The first-order valence-corrected chi connectivity index (χ1v) is 10.8. The van der Waals surface area contributed by atoms with Crippen LogP contribution in [-0.4, -0.2) is 22.4 Å². The van der Waals surface area contributed by atoms with Crippen LogP contribution in [0.2, 0.25) is 0 Å². The lowest BCUT2D eigenvalue weighted by Gasteiger charge is -2.22. The number of hydrogen-bond donors (Lipinski definition) is 0. The number of thiophene rings is 1. The van der Waals surface area contributed by atoms with Crippen LogP contribution in [0.15, 0.2) is 69.7 Å². The van der Waals surface area contributed by atoms with Gasteiger partial charge < -0.3 is 4.42 Å². The Morgan fingerprint density at radius 1 is 1.26 bits per heavy atom. The van der Waals surface area contributed by atoms with E-state index in [2.05, 4.69) is 37.3 Å². The van der Waals surface area contributed by atoms with Crippen LogP contribution in [0.5, 0.6) is 0 Å². The fourth-order valence-corrected chi connectivity index (χ4v) is 4.58. The van der Waals surface area contributed by atoms with E-state index >= 15 is 0 Å². The zero-order valence-electron chi connectivity index (χ0n) is 15.0. The first-order valence-electron chi connectivity index (χ1n) is 8.81. The molecule has 1 amide bonds. The minimum atomic E-state index is -0.0422. The van der Waals surface area contributed by atoms with E-state index in [4.69, 9.17) is 9.52 Å². The second kappa shape index (κ2) is 8.15. The van der Waals surface area contributed by atoms with Gasteiger partial charge in [0.05, 0.1) is 34.4 Å². The highest BCUT2D eigenvalue weighted by molar-refractivity contribution is 7.99. The summed E-state index contributed by atoms with van der Waals surface area (Å²) in [6.07, 6.45) is 2.40. The molecule has 2 aromatic heterocycles. The number of hydrazone groups is 1. The van der Waals surface area contributed by atoms with Gasteiger partial charge >= 0.3 is 0 Å². The summed E-state index contributed by atoms with van der Waals surface area (Å²) in [6, 6.07) is 16.2. The Morgan fingerprint density at radius 3 is 2.81 bits per heavy atom. The normalized spacial score (nSPS) is 16.6. The molecule has 1 atom stereocenters. The van der Waals surface area contributed by atoms with Crippen LogP contribution >= 0.6 is 23.1 Å². The predicted octanol–water partition coefficient (Wildman–Crippen LogP) is 5.26. The smallest absolute Gasteiger partial charge is 0.253 e. The molecule has 1 aliphatic rings. The van der Waals surface area contributed by atoms with Crippen LogP contribution in [0, 0.1) is 6.92 Å². The first-order chi connectivity index (χ1) is 13.2. The molecule has 0 bridgehead atoms. The molecular formula is C21H20N2O2S2. The second-order valence-corrected chi connectivity index (χ2v) is 8.40. The van der Waals surface area contributed by atoms with E-state index in [1.807, 2.05) is 23.6 Å². The largest absolute Gasteiger partial charge is 0.468 e. The molecule has 0 radical (unpaired) electrons. The molecule has 1 aliphatic heterocycles. The summed E-state index contributed by atoms with van der Waals surface area (Å²) in [4.78, 5) is 14.0. The fourth-order valence-electron chi connectivity index (χ4n) is 3.08. The lowest BCUT2D eigenvalue weighted by Crippen LogP contribution is -2.28. The van der Waals surface area contributed by atoms with Gasteiger partial charge in [0.25, 0.3) is 5.91 Å². The Labute approximate surface area is 166 Å².